The van der Waals surface area contributed by atoms with Crippen molar-refractivity contribution in [1.82, 2.24) is 14.5 Å². The van der Waals surface area contributed by atoms with Crippen LogP contribution in [-0.2, 0) is 10.0 Å². The van der Waals surface area contributed by atoms with Crippen LogP contribution < -0.4 is 4.72 Å². The van der Waals surface area contributed by atoms with Crippen LogP contribution in [0, 0.1) is 0 Å². The summed E-state index contributed by atoms with van der Waals surface area (Å²) in [5.74, 6) is -0.114. The first-order valence-corrected chi connectivity index (χ1v) is 10.7. The van der Waals surface area contributed by atoms with Crippen molar-refractivity contribution in [2.75, 3.05) is 39.3 Å². The average Bonchev–Trinajstić information content (AvgIpc) is 2.57. The van der Waals surface area contributed by atoms with E-state index in [0.29, 0.717) is 25.1 Å². The van der Waals surface area contributed by atoms with Gasteiger partial charge in [0.05, 0.1) is 11.0 Å². The van der Waals surface area contributed by atoms with Crippen molar-refractivity contribution >= 4 is 15.9 Å². The van der Waals surface area contributed by atoms with Crippen LogP contribution in [0.2, 0.25) is 0 Å². The van der Waals surface area contributed by atoms with Gasteiger partial charge in [0.25, 0.3) is 5.91 Å². The van der Waals surface area contributed by atoms with Gasteiger partial charge in [-0.3, -0.25) is 4.79 Å². The maximum atomic E-state index is 12.5. The summed E-state index contributed by atoms with van der Waals surface area (Å²) in [7, 11) is -3.63. The number of β-amino-alcohol motifs (C(OH)–C–C–N with tert-alkyl or cyclic N) is 1. The van der Waals surface area contributed by atoms with E-state index in [9.17, 15) is 18.3 Å². The number of hydrogen-bond acceptors (Lipinski definition) is 5. The van der Waals surface area contributed by atoms with E-state index < -0.39 is 10.0 Å². The number of carbonyl (C=O) groups excluding carboxylic acids is 1. The molecule has 1 amide bonds. The fourth-order valence-electron chi connectivity index (χ4n) is 3.32. The van der Waals surface area contributed by atoms with Crippen LogP contribution in [0.15, 0.2) is 29.2 Å². The van der Waals surface area contributed by atoms with E-state index >= 15 is 0 Å². The molecule has 3 rings (SSSR count). The lowest BCUT2D eigenvalue weighted by molar-refractivity contribution is 0.0651. The first kappa shape index (κ1) is 19.3. The predicted octanol–water partition coefficient (Wildman–Crippen LogP) is 0.658. The van der Waals surface area contributed by atoms with E-state index in [-0.39, 0.29) is 16.9 Å². The molecule has 2 saturated heterocycles. The summed E-state index contributed by atoms with van der Waals surface area (Å²) in [6.07, 6.45) is 3.23. The van der Waals surface area contributed by atoms with Crippen molar-refractivity contribution in [2.45, 2.75) is 36.7 Å². The van der Waals surface area contributed by atoms with Gasteiger partial charge in [0.15, 0.2) is 0 Å². The molecule has 2 aliphatic heterocycles. The second-order valence-corrected chi connectivity index (χ2v) is 8.79. The Kier molecular flexibility index (Phi) is 6.29. The monoisotopic (exact) mass is 381 g/mol. The standard InChI is InChI=1S/C18H27N3O4S/c22-16-6-2-9-20(14-16)10-3-8-19-26(24,25)17-7-1-5-15(13-17)18(23)21-11-4-12-21/h1,5,7,13,16,19,22H,2-4,6,8-12,14H2. The number of sulfonamides is 1. The van der Waals surface area contributed by atoms with Gasteiger partial charge in [0.2, 0.25) is 10.0 Å². The molecule has 2 aliphatic rings. The highest BCUT2D eigenvalue weighted by Gasteiger charge is 2.23. The van der Waals surface area contributed by atoms with Crippen LogP contribution >= 0.6 is 0 Å². The van der Waals surface area contributed by atoms with Crippen molar-refractivity contribution < 1.29 is 18.3 Å². The molecule has 26 heavy (non-hydrogen) atoms. The minimum Gasteiger partial charge on any atom is -0.392 e. The van der Waals surface area contributed by atoms with Gasteiger partial charge in [0, 0.05) is 31.7 Å². The number of piperidine rings is 1. The maximum absolute atomic E-state index is 12.5. The normalized spacial score (nSPS) is 21.4. The van der Waals surface area contributed by atoms with Crippen molar-refractivity contribution in [2.24, 2.45) is 0 Å². The fraction of sp³-hybridized carbons (Fsp3) is 0.611. The number of nitrogens with one attached hydrogen (secondary N) is 1. The van der Waals surface area contributed by atoms with Crippen LogP contribution in [0.5, 0.6) is 0 Å². The molecule has 0 aromatic heterocycles. The van der Waals surface area contributed by atoms with E-state index in [0.717, 1.165) is 45.4 Å². The topological polar surface area (TPSA) is 90.0 Å². The molecule has 1 unspecified atom stereocenters. The highest BCUT2D eigenvalue weighted by atomic mass is 32.2. The van der Waals surface area contributed by atoms with Crippen molar-refractivity contribution in [3.05, 3.63) is 29.8 Å². The molecule has 0 bridgehead atoms. The van der Waals surface area contributed by atoms with E-state index in [1.54, 1.807) is 17.0 Å². The number of benzene rings is 1. The lowest BCUT2D eigenvalue weighted by Gasteiger charge is -2.31. The fourth-order valence-corrected chi connectivity index (χ4v) is 4.44. The Morgan fingerprint density at radius 2 is 2.04 bits per heavy atom. The van der Waals surface area contributed by atoms with Gasteiger partial charge in [-0.05, 0) is 57.0 Å². The van der Waals surface area contributed by atoms with Crippen molar-refractivity contribution in [3.63, 3.8) is 0 Å². The molecule has 0 spiro atoms. The first-order valence-electron chi connectivity index (χ1n) is 9.25. The van der Waals surface area contributed by atoms with Crippen LogP contribution in [0.3, 0.4) is 0 Å². The predicted molar refractivity (Wildman–Crippen MR) is 98.4 cm³/mol. The van der Waals surface area contributed by atoms with Crippen molar-refractivity contribution in [1.29, 1.82) is 0 Å². The quantitative estimate of drug-likeness (QED) is 0.677. The summed E-state index contributed by atoms with van der Waals surface area (Å²) in [6, 6.07) is 6.22. The van der Waals surface area contributed by atoms with Gasteiger partial charge in [-0.15, -0.1) is 0 Å². The Labute approximate surface area is 155 Å². The van der Waals surface area contributed by atoms with E-state index in [2.05, 4.69) is 9.62 Å². The van der Waals surface area contributed by atoms with Gasteiger partial charge in [-0.1, -0.05) is 6.07 Å². The second-order valence-electron chi connectivity index (χ2n) is 7.02. The highest BCUT2D eigenvalue weighted by Crippen LogP contribution is 2.16. The Morgan fingerprint density at radius 3 is 2.73 bits per heavy atom. The number of amides is 1. The number of likely N-dealkylation sites (tertiary alicyclic amines) is 2. The third-order valence-electron chi connectivity index (χ3n) is 4.96. The average molecular weight is 381 g/mol. The zero-order valence-corrected chi connectivity index (χ0v) is 15.7. The summed E-state index contributed by atoms with van der Waals surface area (Å²) in [4.78, 5) is 16.3. The molecule has 8 heteroatoms. The molecule has 7 nitrogen and oxygen atoms in total. The van der Waals surface area contributed by atoms with Gasteiger partial charge < -0.3 is 14.9 Å². The molecule has 2 N–H and O–H groups in total. The Hall–Kier alpha value is -1.48. The maximum Gasteiger partial charge on any atom is 0.253 e. The Bertz CT molecular complexity index is 734. The summed E-state index contributed by atoms with van der Waals surface area (Å²) in [5.41, 5.74) is 0.412. The molecule has 0 aliphatic carbocycles. The SMILES string of the molecule is O=C(c1cccc(S(=O)(=O)NCCCN2CCCC(O)C2)c1)N1CCC1. The van der Waals surface area contributed by atoms with Gasteiger partial charge in [-0.2, -0.15) is 0 Å². The second kappa shape index (κ2) is 8.47. The van der Waals surface area contributed by atoms with E-state index in [1.807, 2.05) is 0 Å². The van der Waals surface area contributed by atoms with Gasteiger partial charge in [-0.25, -0.2) is 13.1 Å². The lowest BCUT2D eigenvalue weighted by atomic mass is 10.1. The zero-order chi connectivity index (χ0) is 18.6. The summed E-state index contributed by atoms with van der Waals surface area (Å²) >= 11 is 0. The van der Waals surface area contributed by atoms with Crippen LogP contribution in [0.4, 0.5) is 0 Å². The number of carbonyl (C=O) groups is 1. The molecule has 0 radical (unpaired) electrons. The Balaban J connectivity index is 1.52. The number of aliphatic hydroxyl groups excluding tert-OH is 1. The minimum atomic E-state index is -3.63. The number of nitrogens with zero attached hydrogens (tertiary/aromatic N) is 2. The smallest absolute Gasteiger partial charge is 0.253 e. The molecular weight excluding hydrogens is 354 g/mol. The van der Waals surface area contributed by atoms with Crippen LogP contribution in [0.1, 0.15) is 36.0 Å². The highest BCUT2D eigenvalue weighted by molar-refractivity contribution is 7.89. The minimum absolute atomic E-state index is 0.114. The molecule has 144 valence electrons. The van der Waals surface area contributed by atoms with E-state index in [1.165, 1.54) is 12.1 Å². The molecule has 2 fully saturated rings. The summed E-state index contributed by atoms with van der Waals surface area (Å²) < 4.78 is 27.6. The third-order valence-corrected chi connectivity index (χ3v) is 6.42. The molecule has 1 aromatic rings. The van der Waals surface area contributed by atoms with Crippen molar-refractivity contribution in [3.8, 4) is 0 Å². The largest absolute Gasteiger partial charge is 0.392 e. The van der Waals surface area contributed by atoms with Crippen LogP contribution in [-0.4, -0.2) is 74.6 Å². The molecule has 0 saturated carbocycles. The molecule has 1 atom stereocenters. The first-order chi connectivity index (χ1) is 12.5. The number of hydrogen-bond donors (Lipinski definition) is 2. The van der Waals surface area contributed by atoms with E-state index in [4.69, 9.17) is 0 Å². The van der Waals surface area contributed by atoms with Crippen LogP contribution in [0.25, 0.3) is 0 Å². The lowest BCUT2D eigenvalue weighted by Crippen LogP contribution is -2.42. The number of rotatable bonds is 7. The zero-order valence-electron chi connectivity index (χ0n) is 14.9. The third kappa shape index (κ3) is 4.82. The van der Waals surface area contributed by atoms with Gasteiger partial charge in [0.1, 0.15) is 0 Å². The molecule has 2 heterocycles. The van der Waals surface area contributed by atoms with Gasteiger partial charge >= 0.3 is 0 Å². The summed E-state index contributed by atoms with van der Waals surface area (Å²) in [6.45, 7) is 4.17. The molecule has 1 aromatic carbocycles. The number of aliphatic hydroxyl groups is 1. The summed E-state index contributed by atoms with van der Waals surface area (Å²) in [5, 5.41) is 9.66. The Morgan fingerprint density at radius 1 is 1.23 bits per heavy atom. The molecular formula is C18H27N3O4S.